The summed E-state index contributed by atoms with van der Waals surface area (Å²) in [6, 6.07) is 7.70. The molecule has 144 valence electrons. The molecule has 1 aromatic carbocycles. The predicted molar refractivity (Wildman–Crippen MR) is 101 cm³/mol. The molecule has 1 atom stereocenters. The first-order valence-electron chi connectivity index (χ1n) is 8.64. The molecular formula is C21H24FNO4. The van der Waals surface area contributed by atoms with Gasteiger partial charge in [0, 0.05) is 30.1 Å². The number of halogens is 1. The van der Waals surface area contributed by atoms with Crippen molar-refractivity contribution in [3.05, 3.63) is 64.7 Å². The van der Waals surface area contributed by atoms with Crippen LogP contribution < -0.4 is 0 Å². The van der Waals surface area contributed by atoms with E-state index in [1.807, 2.05) is 25.3 Å². The van der Waals surface area contributed by atoms with Gasteiger partial charge in [-0.2, -0.15) is 0 Å². The summed E-state index contributed by atoms with van der Waals surface area (Å²) >= 11 is 0. The minimum atomic E-state index is -0.658. The zero-order chi connectivity index (χ0) is 20.0. The maximum atomic E-state index is 13.1. The van der Waals surface area contributed by atoms with Crippen molar-refractivity contribution in [2.75, 3.05) is 20.3 Å². The Bertz CT molecular complexity index is 854. The van der Waals surface area contributed by atoms with Crippen molar-refractivity contribution in [3.8, 4) is 0 Å². The molecular weight excluding hydrogens is 349 g/mol. The fourth-order valence-corrected chi connectivity index (χ4v) is 3.09. The fraction of sp³-hybridized carbons (Fsp3) is 0.333. The minimum absolute atomic E-state index is 0.0910. The Morgan fingerprint density at radius 1 is 1.26 bits per heavy atom. The fourth-order valence-electron chi connectivity index (χ4n) is 3.09. The van der Waals surface area contributed by atoms with Crippen molar-refractivity contribution in [1.29, 1.82) is 0 Å². The first kappa shape index (κ1) is 20.6. The number of benzene rings is 1. The van der Waals surface area contributed by atoms with Crippen molar-refractivity contribution in [1.82, 2.24) is 4.57 Å². The smallest absolute Gasteiger partial charge is 0.331 e. The molecule has 0 amide bonds. The monoisotopic (exact) mass is 373 g/mol. The van der Waals surface area contributed by atoms with Gasteiger partial charge in [-0.15, -0.1) is 0 Å². The maximum absolute atomic E-state index is 13.1. The molecule has 0 aliphatic carbocycles. The van der Waals surface area contributed by atoms with E-state index in [0.717, 1.165) is 11.4 Å². The molecule has 0 spiro atoms. The quantitative estimate of drug-likeness (QED) is 0.400. The lowest BCUT2D eigenvalue weighted by atomic mass is 10.1. The van der Waals surface area contributed by atoms with E-state index in [0.29, 0.717) is 17.7 Å². The van der Waals surface area contributed by atoms with Crippen LogP contribution in [0.2, 0.25) is 0 Å². The lowest BCUT2D eigenvalue weighted by Gasteiger charge is -2.17. The topological polar surface area (TPSA) is 57.5 Å². The van der Waals surface area contributed by atoms with E-state index in [-0.39, 0.29) is 18.4 Å². The van der Waals surface area contributed by atoms with Crippen LogP contribution >= 0.6 is 0 Å². The van der Waals surface area contributed by atoms with Gasteiger partial charge >= 0.3 is 5.97 Å². The molecule has 2 aromatic rings. The molecule has 1 heterocycles. The molecule has 1 unspecified atom stereocenters. The normalized spacial score (nSPS) is 12.3. The van der Waals surface area contributed by atoms with Crippen LogP contribution in [0, 0.1) is 19.7 Å². The number of methoxy groups -OCH3 is 1. The molecule has 0 bridgehead atoms. The van der Waals surface area contributed by atoms with Crippen molar-refractivity contribution in [3.63, 3.8) is 0 Å². The lowest BCUT2D eigenvalue weighted by molar-refractivity contribution is -0.136. The second-order valence-corrected chi connectivity index (χ2v) is 6.38. The van der Waals surface area contributed by atoms with Gasteiger partial charge in [-0.05, 0) is 50.6 Å². The lowest BCUT2D eigenvalue weighted by Crippen LogP contribution is -2.16. The molecule has 0 radical (unpaired) electrons. The van der Waals surface area contributed by atoms with E-state index >= 15 is 0 Å². The van der Waals surface area contributed by atoms with E-state index in [9.17, 15) is 14.0 Å². The molecule has 1 aromatic heterocycles. The largest absolute Gasteiger partial charge is 0.454 e. The van der Waals surface area contributed by atoms with Crippen LogP contribution in [-0.2, 0) is 14.3 Å². The molecule has 0 fully saturated rings. The number of carbonyl (C=O) groups is 2. The first-order chi connectivity index (χ1) is 12.8. The van der Waals surface area contributed by atoms with Gasteiger partial charge in [0.05, 0.1) is 12.6 Å². The van der Waals surface area contributed by atoms with E-state index in [2.05, 4.69) is 0 Å². The minimum Gasteiger partial charge on any atom is -0.454 e. The Labute approximate surface area is 158 Å². The van der Waals surface area contributed by atoms with Gasteiger partial charge < -0.3 is 14.0 Å². The first-order valence-corrected chi connectivity index (χ1v) is 8.64. The van der Waals surface area contributed by atoms with Gasteiger partial charge in [-0.25, -0.2) is 9.18 Å². The summed E-state index contributed by atoms with van der Waals surface area (Å²) in [6.45, 7) is 5.97. The zero-order valence-electron chi connectivity index (χ0n) is 16.0. The average Bonchev–Trinajstić information content (AvgIpc) is 2.92. The molecule has 0 saturated heterocycles. The number of ketones is 1. The number of nitrogens with zero attached hydrogens (tertiary/aromatic N) is 1. The third-order valence-corrected chi connectivity index (χ3v) is 4.24. The summed E-state index contributed by atoms with van der Waals surface area (Å²) in [5, 5.41) is 0. The summed E-state index contributed by atoms with van der Waals surface area (Å²) in [7, 11) is 1.63. The summed E-state index contributed by atoms with van der Waals surface area (Å²) in [5.41, 5.74) is 2.82. The molecule has 2 rings (SSSR count). The Kier molecular flexibility index (Phi) is 7.07. The SMILES string of the molecule is COCC(C)n1c(C)cc(C(=O)COC(=O)C=Cc2cccc(F)c2)c1C. The summed E-state index contributed by atoms with van der Waals surface area (Å²) in [4.78, 5) is 24.3. The number of aryl methyl sites for hydroxylation is 1. The molecule has 27 heavy (non-hydrogen) atoms. The highest BCUT2D eigenvalue weighted by molar-refractivity contribution is 6.00. The van der Waals surface area contributed by atoms with Crippen LogP contribution in [0.5, 0.6) is 0 Å². The van der Waals surface area contributed by atoms with Crippen molar-refractivity contribution in [2.24, 2.45) is 0 Å². The summed E-state index contributed by atoms with van der Waals surface area (Å²) in [6.07, 6.45) is 2.61. The third kappa shape index (κ3) is 5.37. The zero-order valence-corrected chi connectivity index (χ0v) is 16.0. The number of Topliss-reactive ketones (excluding diaryl/α,β-unsaturated/α-hetero) is 1. The highest BCUT2D eigenvalue weighted by atomic mass is 19.1. The third-order valence-electron chi connectivity index (χ3n) is 4.24. The van der Waals surface area contributed by atoms with Gasteiger partial charge in [-0.1, -0.05) is 12.1 Å². The molecule has 6 heteroatoms. The highest BCUT2D eigenvalue weighted by Crippen LogP contribution is 2.21. The van der Waals surface area contributed by atoms with Gasteiger partial charge in [0.1, 0.15) is 5.82 Å². The number of ether oxygens (including phenoxy) is 2. The van der Waals surface area contributed by atoms with E-state index in [1.165, 1.54) is 24.3 Å². The van der Waals surface area contributed by atoms with Crippen LogP contribution in [0.4, 0.5) is 4.39 Å². The highest BCUT2D eigenvalue weighted by Gasteiger charge is 2.19. The van der Waals surface area contributed by atoms with E-state index < -0.39 is 11.8 Å². The van der Waals surface area contributed by atoms with Crippen LogP contribution in [0.3, 0.4) is 0 Å². The molecule has 5 nitrogen and oxygen atoms in total. The molecule has 0 N–H and O–H groups in total. The predicted octanol–water partition coefficient (Wildman–Crippen LogP) is 3.89. The summed E-state index contributed by atoms with van der Waals surface area (Å²) in [5.74, 6) is -1.32. The second kappa shape index (κ2) is 9.28. The van der Waals surface area contributed by atoms with Crippen LogP contribution in [0.25, 0.3) is 6.08 Å². The summed E-state index contributed by atoms with van der Waals surface area (Å²) < 4.78 is 25.3. The van der Waals surface area contributed by atoms with Crippen LogP contribution in [0.1, 0.15) is 40.3 Å². The van der Waals surface area contributed by atoms with Crippen molar-refractivity contribution < 1.29 is 23.5 Å². The van der Waals surface area contributed by atoms with E-state index in [4.69, 9.17) is 9.47 Å². The van der Waals surface area contributed by atoms with Gasteiger partial charge in [0.2, 0.25) is 5.78 Å². The standard InChI is InChI=1S/C21H24FNO4/c1-14-10-19(16(3)23(14)15(2)12-26-4)20(24)13-27-21(25)9-8-17-6-5-7-18(22)11-17/h5-11,15H,12-13H2,1-4H3. The number of hydrogen-bond donors (Lipinski definition) is 0. The van der Waals surface area contributed by atoms with Crippen LogP contribution in [-0.4, -0.2) is 36.6 Å². The van der Waals surface area contributed by atoms with Crippen LogP contribution in [0.15, 0.2) is 36.4 Å². The van der Waals surface area contributed by atoms with E-state index in [1.54, 1.807) is 25.3 Å². The van der Waals surface area contributed by atoms with Gasteiger partial charge in [-0.3, -0.25) is 4.79 Å². The maximum Gasteiger partial charge on any atom is 0.331 e. The number of carbonyl (C=O) groups excluding carboxylic acids is 2. The average molecular weight is 373 g/mol. The van der Waals surface area contributed by atoms with Gasteiger partial charge in [0.25, 0.3) is 0 Å². The molecule has 0 saturated carbocycles. The molecule has 0 aliphatic rings. The van der Waals surface area contributed by atoms with Gasteiger partial charge in [0.15, 0.2) is 6.61 Å². The molecule has 0 aliphatic heterocycles. The van der Waals surface area contributed by atoms with Crippen molar-refractivity contribution in [2.45, 2.75) is 26.8 Å². The Morgan fingerprint density at radius 3 is 2.67 bits per heavy atom. The Hall–Kier alpha value is -2.73. The number of rotatable bonds is 8. The second-order valence-electron chi connectivity index (χ2n) is 6.38. The Balaban J connectivity index is 1.99. The number of esters is 1. The Morgan fingerprint density at radius 2 is 2.00 bits per heavy atom. The number of aromatic nitrogens is 1. The van der Waals surface area contributed by atoms with Crippen molar-refractivity contribution >= 4 is 17.8 Å². The number of hydrogen-bond acceptors (Lipinski definition) is 4.